The van der Waals surface area contributed by atoms with Gasteiger partial charge in [-0.1, -0.05) is 46.9 Å². The van der Waals surface area contributed by atoms with Crippen LogP contribution < -0.4 is 14.4 Å². The number of amides is 2. The summed E-state index contributed by atoms with van der Waals surface area (Å²) in [6.45, 7) is 4.05. The Morgan fingerprint density at radius 1 is 1.05 bits per heavy atom. The number of carbonyl (C=O) groups excluding carboxylic acids is 2. The third-order valence-electron chi connectivity index (χ3n) is 6.51. The Morgan fingerprint density at radius 3 is 2.35 bits per heavy atom. The number of halogens is 3. The van der Waals surface area contributed by atoms with E-state index >= 15 is 0 Å². The molecule has 0 saturated carbocycles. The molecular weight excluding hydrogens is 643 g/mol. The van der Waals surface area contributed by atoms with Crippen molar-refractivity contribution in [1.82, 2.24) is 10.2 Å². The Kier molecular flexibility index (Phi) is 11.2. The molecule has 0 aliphatic carbocycles. The van der Waals surface area contributed by atoms with Crippen molar-refractivity contribution in [3.63, 3.8) is 0 Å². The standard InChI is InChI=1S/C28H29Cl3N4O7S/c1-5-32-28(37)18(3)33(15-19-7-10-22(30)23(31)12-19)27(36)16-34(25-13-20(29)8-11-26(25)42-4)43(40,41)21-9-6-17(2)24(14-21)35(38)39/h6-14,18H,5,15-16H2,1-4H3,(H,32,37). The van der Waals surface area contributed by atoms with Crippen molar-refractivity contribution in [2.24, 2.45) is 0 Å². The van der Waals surface area contributed by atoms with Crippen LogP contribution in [0.25, 0.3) is 0 Å². The van der Waals surface area contributed by atoms with Crippen LogP contribution in [-0.4, -0.2) is 56.3 Å². The van der Waals surface area contributed by atoms with E-state index in [0.29, 0.717) is 12.1 Å². The summed E-state index contributed by atoms with van der Waals surface area (Å²) in [4.78, 5) is 38.6. The Morgan fingerprint density at radius 2 is 1.74 bits per heavy atom. The topological polar surface area (TPSA) is 139 Å². The molecule has 1 atom stereocenters. The van der Waals surface area contributed by atoms with Crippen molar-refractivity contribution >= 4 is 68.0 Å². The molecular formula is C28H29Cl3N4O7S. The van der Waals surface area contributed by atoms with Crippen LogP contribution in [-0.2, 0) is 26.2 Å². The van der Waals surface area contributed by atoms with Crippen LogP contribution in [0.15, 0.2) is 59.5 Å². The summed E-state index contributed by atoms with van der Waals surface area (Å²) in [6.07, 6.45) is 0. The first-order valence-corrected chi connectivity index (χ1v) is 15.4. The Hall–Kier alpha value is -3.58. The number of methoxy groups -OCH3 is 1. The zero-order valence-corrected chi connectivity index (χ0v) is 26.7. The first kappa shape index (κ1) is 33.9. The second-order valence-electron chi connectivity index (χ2n) is 9.37. The van der Waals surface area contributed by atoms with Gasteiger partial charge in [-0.3, -0.25) is 24.0 Å². The van der Waals surface area contributed by atoms with Crippen LogP contribution in [0.5, 0.6) is 5.75 Å². The van der Waals surface area contributed by atoms with Crippen LogP contribution in [0.4, 0.5) is 11.4 Å². The molecule has 3 rings (SSSR count). The molecule has 3 aromatic carbocycles. The average molecular weight is 672 g/mol. The molecule has 2 amide bonds. The maximum Gasteiger partial charge on any atom is 0.273 e. The third kappa shape index (κ3) is 7.88. The van der Waals surface area contributed by atoms with Crippen LogP contribution >= 0.6 is 34.8 Å². The number of hydrogen-bond acceptors (Lipinski definition) is 7. The number of sulfonamides is 1. The molecule has 0 fully saturated rings. The number of rotatable bonds is 12. The highest BCUT2D eigenvalue weighted by Crippen LogP contribution is 2.36. The maximum absolute atomic E-state index is 14.1. The van der Waals surface area contributed by atoms with Gasteiger partial charge < -0.3 is 15.0 Å². The molecule has 0 aliphatic heterocycles. The lowest BCUT2D eigenvalue weighted by Crippen LogP contribution is -2.51. The van der Waals surface area contributed by atoms with E-state index in [1.807, 2.05) is 0 Å². The number of ether oxygens (including phenoxy) is 1. The fourth-order valence-corrected chi connectivity index (χ4v) is 6.11. The SMILES string of the molecule is CCNC(=O)C(C)N(Cc1ccc(Cl)c(Cl)c1)C(=O)CN(c1cc(Cl)ccc1OC)S(=O)(=O)c1ccc(C)c([N+](=O)[O-])c1. The first-order chi connectivity index (χ1) is 20.2. The van der Waals surface area contributed by atoms with Crippen molar-refractivity contribution in [2.45, 2.75) is 38.3 Å². The Balaban J connectivity index is 2.17. The minimum Gasteiger partial charge on any atom is -0.495 e. The smallest absolute Gasteiger partial charge is 0.273 e. The molecule has 43 heavy (non-hydrogen) atoms. The number of hydrogen-bond donors (Lipinski definition) is 1. The quantitative estimate of drug-likeness (QED) is 0.195. The number of nitrogens with zero attached hydrogens (tertiary/aromatic N) is 3. The summed E-state index contributed by atoms with van der Waals surface area (Å²) in [6, 6.07) is 11.3. The molecule has 230 valence electrons. The lowest BCUT2D eigenvalue weighted by Gasteiger charge is -2.32. The van der Waals surface area contributed by atoms with Crippen LogP contribution in [0.2, 0.25) is 15.1 Å². The first-order valence-electron chi connectivity index (χ1n) is 12.8. The van der Waals surface area contributed by atoms with E-state index in [9.17, 15) is 28.1 Å². The Bertz CT molecular complexity index is 1650. The molecule has 0 saturated heterocycles. The summed E-state index contributed by atoms with van der Waals surface area (Å²) < 4.78 is 34.4. The number of carbonyl (C=O) groups is 2. The van der Waals surface area contributed by atoms with Gasteiger partial charge in [0.2, 0.25) is 11.8 Å². The molecule has 15 heteroatoms. The summed E-state index contributed by atoms with van der Waals surface area (Å²) >= 11 is 18.4. The fraction of sp³-hybridized carbons (Fsp3) is 0.286. The number of anilines is 1. The van der Waals surface area contributed by atoms with Gasteiger partial charge in [-0.25, -0.2) is 8.42 Å². The van der Waals surface area contributed by atoms with Crippen molar-refractivity contribution in [3.8, 4) is 5.75 Å². The van der Waals surface area contributed by atoms with E-state index in [-0.39, 0.29) is 38.6 Å². The van der Waals surface area contributed by atoms with Gasteiger partial charge in [0.15, 0.2) is 0 Å². The number of nitro benzene ring substituents is 1. The summed E-state index contributed by atoms with van der Waals surface area (Å²) in [5.74, 6) is -1.17. The van der Waals surface area contributed by atoms with Crippen LogP contribution in [0.3, 0.4) is 0 Å². The van der Waals surface area contributed by atoms with Gasteiger partial charge in [0.1, 0.15) is 18.3 Å². The lowest BCUT2D eigenvalue weighted by molar-refractivity contribution is -0.385. The fourth-order valence-electron chi connectivity index (χ4n) is 4.18. The molecule has 0 bridgehead atoms. The Labute approximate surface area is 264 Å². The van der Waals surface area contributed by atoms with Gasteiger partial charge in [0.05, 0.1) is 32.7 Å². The van der Waals surface area contributed by atoms with Crippen LogP contribution in [0.1, 0.15) is 25.0 Å². The van der Waals surface area contributed by atoms with Gasteiger partial charge in [-0.15, -0.1) is 0 Å². The lowest BCUT2D eigenvalue weighted by atomic mass is 10.1. The van der Waals surface area contributed by atoms with E-state index in [4.69, 9.17) is 39.5 Å². The van der Waals surface area contributed by atoms with E-state index < -0.39 is 49.9 Å². The van der Waals surface area contributed by atoms with Gasteiger partial charge in [-0.05, 0) is 62.7 Å². The predicted molar refractivity (Wildman–Crippen MR) is 166 cm³/mol. The third-order valence-corrected chi connectivity index (χ3v) is 9.24. The summed E-state index contributed by atoms with van der Waals surface area (Å²) in [5.41, 5.74) is 0.265. The van der Waals surface area contributed by atoms with Gasteiger partial charge in [-0.2, -0.15) is 0 Å². The van der Waals surface area contributed by atoms with Crippen molar-refractivity contribution in [3.05, 3.63) is 90.9 Å². The molecule has 0 spiro atoms. The molecule has 3 aromatic rings. The molecule has 1 N–H and O–H groups in total. The van der Waals surface area contributed by atoms with E-state index in [1.165, 1.54) is 68.3 Å². The number of aryl methyl sites for hydroxylation is 1. The largest absolute Gasteiger partial charge is 0.495 e. The minimum atomic E-state index is -4.64. The number of nitrogens with one attached hydrogen (secondary N) is 1. The predicted octanol–water partition coefficient (Wildman–Crippen LogP) is 5.62. The normalized spacial score (nSPS) is 11.9. The second kappa shape index (κ2) is 14.3. The van der Waals surface area contributed by atoms with Gasteiger partial charge >= 0.3 is 0 Å². The number of likely N-dealkylation sites (N-methyl/N-ethyl adjacent to an activating group) is 1. The zero-order chi connectivity index (χ0) is 32.1. The monoisotopic (exact) mass is 670 g/mol. The maximum atomic E-state index is 14.1. The average Bonchev–Trinajstić information content (AvgIpc) is 2.95. The molecule has 0 heterocycles. The van der Waals surface area contributed by atoms with Gasteiger partial charge in [0.25, 0.3) is 15.7 Å². The van der Waals surface area contributed by atoms with E-state index in [2.05, 4.69) is 5.32 Å². The molecule has 1 unspecified atom stereocenters. The van der Waals surface area contributed by atoms with Gasteiger partial charge in [0, 0.05) is 29.7 Å². The molecule has 0 radical (unpaired) electrons. The highest BCUT2D eigenvalue weighted by atomic mass is 35.5. The summed E-state index contributed by atoms with van der Waals surface area (Å²) in [7, 11) is -3.33. The second-order valence-corrected chi connectivity index (χ2v) is 12.5. The highest BCUT2D eigenvalue weighted by molar-refractivity contribution is 7.92. The molecule has 0 aliphatic rings. The number of nitro groups is 1. The van der Waals surface area contributed by atoms with Crippen molar-refractivity contribution in [1.29, 1.82) is 0 Å². The summed E-state index contributed by atoms with van der Waals surface area (Å²) in [5, 5.41) is 14.9. The molecule has 11 nitrogen and oxygen atoms in total. The van der Waals surface area contributed by atoms with Crippen LogP contribution in [0, 0.1) is 17.0 Å². The highest BCUT2D eigenvalue weighted by Gasteiger charge is 2.35. The minimum absolute atomic E-state index is 0.0650. The number of benzene rings is 3. The van der Waals surface area contributed by atoms with E-state index in [1.54, 1.807) is 13.0 Å². The van der Waals surface area contributed by atoms with Crippen molar-refractivity contribution < 1.29 is 27.7 Å². The molecule has 0 aromatic heterocycles. The zero-order valence-electron chi connectivity index (χ0n) is 23.6. The van der Waals surface area contributed by atoms with Crippen molar-refractivity contribution in [2.75, 3.05) is 24.5 Å². The van der Waals surface area contributed by atoms with E-state index in [0.717, 1.165) is 10.4 Å².